The highest BCUT2D eigenvalue weighted by Gasteiger charge is 2.04. The maximum absolute atomic E-state index is 5.64. The molecular formula is C10H16BrMgNO. The zero-order valence-electron chi connectivity index (χ0n) is 8.12. The normalized spacial score (nSPS) is 12.1. The van der Waals surface area contributed by atoms with Crippen LogP contribution in [-0.4, -0.2) is 48.3 Å². The lowest BCUT2D eigenvalue weighted by Crippen LogP contribution is -2.30. The van der Waals surface area contributed by atoms with Gasteiger partial charge in [0.05, 0.1) is 0 Å². The number of hydrogen-bond donors (Lipinski definition) is 0. The minimum atomic E-state index is 0. The number of ether oxygens (including phenoxy) is 1. The van der Waals surface area contributed by atoms with Gasteiger partial charge in [-0.15, -0.1) is 0 Å². The van der Waals surface area contributed by atoms with Gasteiger partial charge >= 0.3 is 23.1 Å². The molecule has 0 saturated heterocycles. The lowest BCUT2D eigenvalue weighted by molar-refractivity contribution is 0.0815. The first-order chi connectivity index (χ1) is 6.09. The van der Waals surface area contributed by atoms with Crippen LogP contribution in [0.5, 0.6) is 5.75 Å². The fraction of sp³-hybridized carbons (Fsp3) is 0.400. The smallest absolute Gasteiger partial charge is 0.316 e. The molecule has 1 aromatic carbocycles. The molecule has 0 radical (unpaired) electrons. The van der Waals surface area contributed by atoms with Gasteiger partial charge in [-0.1, -0.05) is 15.9 Å². The van der Waals surface area contributed by atoms with Gasteiger partial charge in [-0.25, -0.2) is 0 Å². The Bertz CT molecular complexity index is 263. The molecule has 0 aromatic heterocycles. The van der Waals surface area contributed by atoms with Gasteiger partial charge in [-0.3, -0.25) is 4.90 Å². The van der Waals surface area contributed by atoms with E-state index in [1.54, 1.807) is 0 Å². The molecule has 0 spiro atoms. The van der Waals surface area contributed by atoms with Gasteiger partial charge in [0.1, 0.15) is 12.0 Å². The second kappa shape index (κ2) is 6.66. The predicted octanol–water partition coefficient (Wildman–Crippen LogP) is 1.82. The Labute approximate surface area is 110 Å². The molecule has 0 aliphatic carbocycles. The highest BCUT2D eigenvalue weighted by molar-refractivity contribution is 9.10. The van der Waals surface area contributed by atoms with Crippen molar-refractivity contribution in [2.24, 2.45) is 0 Å². The fourth-order valence-corrected chi connectivity index (χ4v) is 1.08. The molecule has 1 aromatic rings. The van der Waals surface area contributed by atoms with Crippen molar-refractivity contribution in [1.29, 1.82) is 0 Å². The number of nitrogens with zero attached hydrogens (tertiary/aromatic N) is 1. The predicted molar refractivity (Wildman–Crippen MR) is 66.5 cm³/mol. The zero-order valence-corrected chi connectivity index (χ0v) is 9.71. The van der Waals surface area contributed by atoms with Gasteiger partial charge in [0.2, 0.25) is 0 Å². The van der Waals surface area contributed by atoms with E-state index in [4.69, 9.17) is 4.74 Å². The maximum atomic E-state index is 5.64. The van der Waals surface area contributed by atoms with E-state index in [1.165, 1.54) is 0 Å². The average molecular weight is 270 g/mol. The summed E-state index contributed by atoms with van der Waals surface area (Å²) in [6, 6.07) is 7.84. The van der Waals surface area contributed by atoms with E-state index in [9.17, 15) is 0 Å². The summed E-state index contributed by atoms with van der Waals surface area (Å²) in [5.41, 5.74) is 0. The summed E-state index contributed by atoms with van der Waals surface area (Å²) < 4.78 is 6.70. The first-order valence-electron chi connectivity index (χ1n) is 4.18. The third-order valence-electron chi connectivity index (χ3n) is 1.85. The topological polar surface area (TPSA) is 12.5 Å². The second-order valence-electron chi connectivity index (χ2n) is 3.13. The first kappa shape index (κ1) is 14.2. The van der Waals surface area contributed by atoms with Crippen LogP contribution in [0.15, 0.2) is 28.7 Å². The van der Waals surface area contributed by atoms with Crippen LogP contribution in [0.25, 0.3) is 0 Å². The Hall–Kier alpha value is 0.226. The van der Waals surface area contributed by atoms with Crippen molar-refractivity contribution in [2.75, 3.05) is 14.1 Å². The molecule has 1 unspecified atom stereocenters. The molecule has 76 valence electrons. The number of hydrogen-bond acceptors (Lipinski definition) is 2. The van der Waals surface area contributed by atoms with Crippen LogP contribution >= 0.6 is 15.9 Å². The average Bonchev–Trinajstić information content (AvgIpc) is 2.08. The molecular weight excluding hydrogens is 254 g/mol. The van der Waals surface area contributed by atoms with Crippen molar-refractivity contribution in [3.05, 3.63) is 28.7 Å². The van der Waals surface area contributed by atoms with Gasteiger partial charge in [-0.2, -0.15) is 0 Å². The molecule has 1 rings (SSSR count). The summed E-state index contributed by atoms with van der Waals surface area (Å²) in [4.78, 5) is 2.02. The van der Waals surface area contributed by atoms with Gasteiger partial charge in [0.25, 0.3) is 0 Å². The first-order valence-corrected chi connectivity index (χ1v) is 4.97. The van der Waals surface area contributed by atoms with E-state index >= 15 is 0 Å². The third kappa shape index (κ3) is 4.64. The maximum Gasteiger partial charge on any atom is 0.316 e. The van der Waals surface area contributed by atoms with Crippen LogP contribution in [0.2, 0.25) is 0 Å². The minimum absolute atomic E-state index is 0. The Morgan fingerprint density at radius 3 is 2.14 bits per heavy atom. The van der Waals surface area contributed by atoms with E-state index in [0.717, 1.165) is 10.2 Å². The molecule has 0 bridgehead atoms. The number of halogens is 1. The molecule has 0 amide bonds. The summed E-state index contributed by atoms with van der Waals surface area (Å²) in [7, 11) is 3.98. The summed E-state index contributed by atoms with van der Waals surface area (Å²) in [5, 5.41) is 0. The summed E-state index contributed by atoms with van der Waals surface area (Å²) in [6.07, 6.45) is 0.0983. The largest absolute Gasteiger partial charge is 0.475 e. The van der Waals surface area contributed by atoms with Crippen LogP contribution < -0.4 is 4.74 Å². The SMILES string of the molecule is CC(Oc1ccc(Br)cc1)N(C)C.[MgH2]. The van der Waals surface area contributed by atoms with Crippen LogP contribution in [0.3, 0.4) is 0 Å². The van der Waals surface area contributed by atoms with Gasteiger partial charge in [0, 0.05) is 4.47 Å². The standard InChI is InChI=1S/C10H14BrNO.Mg.2H/c1-8(12(2)3)13-10-6-4-9(11)5-7-10;;;/h4-8H,1-3H3;;;. The van der Waals surface area contributed by atoms with E-state index < -0.39 is 0 Å². The van der Waals surface area contributed by atoms with Crippen molar-refractivity contribution >= 4 is 39.0 Å². The Kier molecular flexibility index (Phi) is 6.77. The molecule has 0 heterocycles. The van der Waals surface area contributed by atoms with E-state index in [0.29, 0.717) is 0 Å². The van der Waals surface area contributed by atoms with Crippen molar-refractivity contribution in [3.8, 4) is 5.75 Å². The Morgan fingerprint density at radius 2 is 1.71 bits per heavy atom. The Balaban J connectivity index is 0.00000169. The summed E-state index contributed by atoms with van der Waals surface area (Å²) >= 11 is 3.37. The summed E-state index contributed by atoms with van der Waals surface area (Å²) in [5.74, 6) is 0.893. The number of rotatable bonds is 3. The molecule has 1 atom stereocenters. The summed E-state index contributed by atoms with van der Waals surface area (Å²) in [6.45, 7) is 2.02. The van der Waals surface area contributed by atoms with Crippen LogP contribution in [0.4, 0.5) is 0 Å². The van der Waals surface area contributed by atoms with Crippen LogP contribution in [-0.2, 0) is 0 Å². The molecule has 0 aliphatic heterocycles. The van der Waals surface area contributed by atoms with E-state index in [2.05, 4.69) is 15.9 Å². The lowest BCUT2D eigenvalue weighted by Gasteiger charge is -2.21. The van der Waals surface area contributed by atoms with E-state index in [1.807, 2.05) is 50.2 Å². The van der Waals surface area contributed by atoms with Crippen molar-refractivity contribution < 1.29 is 4.74 Å². The van der Waals surface area contributed by atoms with Crippen molar-refractivity contribution in [3.63, 3.8) is 0 Å². The molecule has 0 N–H and O–H groups in total. The number of benzene rings is 1. The highest BCUT2D eigenvalue weighted by Crippen LogP contribution is 2.17. The van der Waals surface area contributed by atoms with Crippen LogP contribution in [0.1, 0.15) is 6.92 Å². The monoisotopic (exact) mass is 269 g/mol. The quantitative estimate of drug-likeness (QED) is 0.614. The second-order valence-corrected chi connectivity index (χ2v) is 4.05. The van der Waals surface area contributed by atoms with Crippen molar-refractivity contribution in [2.45, 2.75) is 13.2 Å². The molecule has 2 nitrogen and oxygen atoms in total. The molecule has 14 heavy (non-hydrogen) atoms. The molecule has 0 aliphatic rings. The van der Waals surface area contributed by atoms with Crippen LogP contribution in [0, 0.1) is 0 Å². The molecule has 4 heteroatoms. The zero-order chi connectivity index (χ0) is 9.84. The van der Waals surface area contributed by atoms with Gasteiger partial charge in [-0.05, 0) is 45.3 Å². The highest BCUT2D eigenvalue weighted by atomic mass is 79.9. The van der Waals surface area contributed by atoms with E-state index in [-0.39, 0.29) is 29.3 Å². The minimum Gasteiger partial charge on any atom is -0.475 e. The fourth-order valence-electron chi connectivity index (χ4n) is 0.816. The van der Waals surface area contributed by atoms with Gasteiger partial charge in [0.15, 0.2) is 0 Å². The third-order valence-corrected chi connectivity index (χ3v) is 2.38. The Morgan fingerprint density at radius 1 is 1.21 bits per heavy atom. The lowest BCUT2D eigenvalue weighted by atomic mass is 10.3. The molecule has 0 fully saturated rings. The van der Waals surface area contributed by atoms with Crippen molar-refractivity contribution in [1.82, 2.24) is 4.90 Å². The molecule has 0 saturated carbocycles. The van der Waals surface area contributed by atoms with Gasteiger partial charge < -0.3 is 4.74 Å².